The van der Waals surface area contributed by atoms with E-state index in [1.54, 1.807) is 0 Å². The minimum atomic E-state index is -0.511. The minimum Gasteiger partial charge on any atom is -0.390 e. The van der Waals surface area contributed by atoms with E-state index in [1.807, 2.05) is 0 Å². The van der Waals surface area contributed by atoms with E-state index in [0.29, 0.717) is 35.4 Å². The Morgan fingerprint density at radius 2 is 1.57 bits per heavy atom. The summed E-state index contributed by atoms with van der Waals surface area (Å²) in [7, 11) is 0. The van der Waals surface area contributed by atoms with Crippen molar-refractivity contribution in [3.05, 3.63) is 0 Å². The Morgan fingerprint density at radius 1 is 0.905 bits per heavy atom. The van der Waals surface area contributed by atoms with E-state index >= 15 is 0 Å². The molecule has 0 amide bonds. The third kappa shape index (κ3) is 1.89. The van der Waals surface area contributed by atoms with Crippen LogP contribution in [0.3, 0.4) is 0 Å². The van der Waals surface area contributed by atoms with E-state index < -0.39 is 12.2 Å². The van der Waals surface area contributed by atoms with Crippen LogP contribution in [-0.4, -0.2) is 28.2 Å². The fourth-order valence-corrected chi connectivity index (χ4v) is 6.62. The number of carbonyl (C=O) groups is 1. The van der Waals surface area contributed by atoms with Crippen molar-refractivity contribution in [3.63, 3.8) is 0 Å². The van der Waals surface area contributed by atoms with Crippen LogP contribution < -0.4 is 0 Å². The van der Waals surface area contributed by atoms with Crippen LogP contribution in [0.5, 0.6) is 0 Å². The molecule has 118 valence electrons. The van der Waals surface area contributed by atoms with Gasteiger partial charge in [-0.2, -0.15) is 0 Å². The van der Waals surface area contributed by atoms with Gasteiger partial charge in [-0.1, -0.05) is 6.92 Å². The van der Waals surface area contributed by atoms with Gasteiger partial charge in [0.1, 0.15) is 5.78 Å². The summed E-state index contributed by atoms with van der Waals surface area (Å²) in [5, 5.41) is 20.3. The number of aliphatic hydroxyl groups excluding tert-OH is 2. The number of hydrogen-bond acceptors (Lipinski definition) is 3. The molecule has 0 bridgehead atoms. The van der Waals surface area contributed by atoms with E-state index in [0.717, 1.165) is 51.4 Å². The van der Waals surface area contributed by atoms with Crippen molar-refractivity contribution in [2.45, 2.75) is 70.5 Å². The molecule has 4 saturated carbocycles. The maximum absolute atomic E-state index is 12.3. The Labute approximate surface area is 127 Å². The molecule has 0 aromatic rings. The van der Waals surface area contributed by atoms with Gasteiger partial charge in [0, 0.05) is 11.8 Å². The second-order valence-electron chi connectivity index (χ2n) is 8.39. The van der Waals surface area contributed by atoms with Crippen LogP contribution in [-0.2, 0) is 4.79 Å². The molecule has 0 heterocycles. The van der Waals surface area contributed by atoms with Crippen LogP contribution in [0.2, 0.25) is 0 Å². The first-order valence-corrected chi connectivity index (χ1v) is 8.92. The molecule has 3 heteroatoms. The van der Waals surface area contributed by atoms with Crippen molar-refractivity contribution < 1.29 is 15.0 Å². The van der Waals surface area contributed by atoms with Crippen LogP contribution in [0.4, 0.5) is 0 Å². The molecule has 0 radical (unpaired) electrons. The van der Waals surface area contributed by atoms with Gasteiger partial charge in [0.05, 0.1) is 12.2 Å². The summed E-state index contributed by atoms with van der Waals surface area (Å²) < 4.78 is 0. The first-order chi connectivity index (χ1) is 10.0. The Bertz CT molecular complexity index is 448. The van der Waals surface area contributed by atoms with E-state index in [-0.39, 0.29) is 5.41 Å². The van der Waals surface area contributed by atoms with Crippen molar-refractivity contribution in [1.82, 2.24) is 0 Å². The summed E-state index contributed by atoms with van der Waals surface area (Å²) in [4.78, 5) is 12.3. The average Bonchev–Trinajstić information content (AvgIpc) is 2.78. The van der Waals surface area contributed by atoms with Gasteiger partial charge in [0.25, 0.3) is 0 Å². The third-order valence-electron chi connectivity index (χ3n) is 7.76. The largest absolute Gasteiger partial charge is 0.390 e. The van der Waals surface area contributed by atoms with Crippen LogP contribution >= 0.6 is 0 Å². The quantitative estimate of drug-likeness (QED) is 0.721. The smallest absolute Gasteiger partial charge is 0.139 e. The van der Waals surface area contributed by atoms with Gasteiger partial charge in [-0.15, -0.1) is 0 Å². The molecule has 0 aromatic carbocycles. The summed E-state index contributed by atoms with van der Waals surface area (Å²) in [6, 6.07) is 0. The number of carbonyl (C=O) groups excluding carboxylic acids is 1. The highest BCUT2D eigenvalue weighted by atomic mass is 16.3. The molecule has 0 spiro atoms. The van der Waals surface area contributed by atoms with Crippen LogP contribution in [0.25, 0.3) is 0 Å². The van der Waals surface area contributed by atoms with Gasteiger partial charge < -0.3 is 10.2 Å². The minimum absolute atomic E-state index is 0.0409. The zero-order valence-electron chi connectivity index (χ0n) is 13.0. The molecular weight excluding hydrogens is 264 g/mol. The lowest BCUT2D eigenvalue weighted by atomic mass is 9.50. The zero-order valence-corrected chi connectivity index (χ0v) is 13.0. The standard InChI is InChI=1S/C18H28O3/c1-18-9-8-11-10-4-6-15(19)17(21)13(10)3-2-12(11)14(18)5-7-16(18)20/h10-15,17,19,21H,2-9H2,1H3/t10-,11-,12-,13?,14+,15+,17?,18+/m1/s1. The lowest BCUT2D eigenvalue weighted by Crippen LogP contribution is -2.53. The normalized spacial score (nSPS) is 56.5. The molecule has 0 saturated heterocycles. The highest BCUT2D eigenvalue weighted by molar-refractivity contribution is 5.87. The molecule has 4 aliphatic carbocycles. The summed E-state index contributed by atoms with van der Waals surface area (Å²) in [5.74, 6) is 3.37. The van der Waals surface area contributed by atoms with Gasteiger partial charge >= 0.3 is 0 Å². The maximum Gasteiger partial charge on any atom is 0.139 e. The molecule has 0 aromatic heterocycles. The number of fused-ring (bicyclic) bond motifs is 5. The predicted molar refractivity (Wildman–Crippen MR) is 79.5 cm³/mol. The van der Waals surface area contributed by atoms with Crippen molar-refractivity contribution in [2.75, 3.05) is 0 Å². The van der Waals surface area contributed by atoms with Gasteiger partial charge in [0.2, 0.25) is 0 Å². The third-order valence-corrected chi connectivity index (χ3v) is 7.76. The fraction of sp³-hybridized carbons (Fsp3) is 0.944. The SMILES string of the molecule is C[C@]12CC[C@H]3[C@@H](CCC4C(O)[C@@H](O)CC[C@@H]43)[C@@H]1CCC2=O. The predicted octanol–water partition coefficient (Wildman–Crippen LogP) is 2.54. The topological polar surface area (TPSA) is 57.5 Å². The number of rotatable bonds is 0. The second-order valence-corrected chi connectivity index (χ2v) is 8.39. The Morgan fingerprint density at radius 3 is 2.38 bits per heavy atom. The molecular formula is C18H28O3. The van der Waals surface area contributed by atoms with Crippen molar-refractivity contribution in [2.24, 2.45) is 35.0 Å². The molecule has 21 heavy (non-hydrogen) atoms. The van der Waals surface area contributed by atoms with Crippen LogP contribution in [0.15, 0.2) is 0 Å². The van der Waals surface area contributed by atoms with Crippen LogP contribution in [0.1, 0.15) is 58.3 Å². The molecule has 4 aliphatic rings. The van der Waals surface area contributed by atoms with Gasteiger partial charge in [0.15, 0.2) is 0 Å². The van der Waals surface area contributed by atoms with Crippen molar-refractivity contribution in [1.29, 1.82) is 0 Å². The number of hydrogen-bond donors (Lipinski definition) is 2. The summed E-state index contributed by atoms with van der Waals surface area (Å²) in [6.07, 6.45) is 7.11. The van der Waals surface area contributed by atoms with E-state index in [1.165, 1.54) is 0 Å². The molecule has 2 N–H and O–H groups in total. The molecule has 8 atom stereocenters. The highest BCUT2D eigenvalue weighted by Crippen LogP contribution is 2.61. The van der Waals surface area contributed by atoms with Crippen molar-refractivity contribution in [3.8, 4) is 0 Å². The highest BCUT2D eigenvalue weighted by Gasteiger charge is 2.57. The Balaban J connectivity index is 1.59. The molecule has 4 fully saturated rings. The van der Waals surface area contributed by atoms with E-state index in [2.05, 4.69) is 6.92 Å². The lowest BCUT2D eigenvalue weighted by Gasteiger charge is -2.55. The number of ketones is 1. The Kier molecular flexibility index (Phi) is 3.24. The summed E-state index contributed by atoms with van der Waals surface area (Å²) in [5.41, 5.74) is -0.0409. The Hall–Kier alpha value is -0.410. The summed E-state index contributed by atoms with van der Waals surface area (Å²) >= 11 is 0. The molecule has 4 rings (SSSR count). The maximum atomic E-state index is 12.3. The second kappa shape index (κ2) is 4.79. The van der Waals surface area contributed by atoms with Gasteiger partial charge in [-0.3, -0.25) is 4.79 Å². The first-order valence-electron chi connectivity index (χ1n) is 8.92. The van der Waals surface area contributed by atoms with Gasteiger partial charge in [-0.05, 0) is 74.5 Å². The van der Waals surface area contributed by atoms with Crippen molar-refractivity contribution >= 4 is 5.78 Å². The molecule has 2 unspecified atom stereocenters. The van der Waals surface area contributed by atoms with E-state index in [4.69, 9.17) is 0 Å². The first kappa shape index (κ1) is 14.2. The lowest BCUT2D eigenvalue weighted by molar-refractivity contribution is -0.141. The molecule has 3 nitrogen and oxygen atoms in total. The fourth-order valence-electron chi connectivity index (χ4n) is 6.62. The van der Waals surface area contributed by atoms with Crippen LogP contribution in [0, 0.1) is 35.0 Å². The average molecular weight is 292 g/mol. The number of Topliss-reactive ketones (excluding diaryl/α,β-unsaturated/α-hetero) is 1. The monoisotopic (exact) mass is 292 g/mol. The number of aliphatic hydroxyl groups is 2. The molecule has 0 aliphatic heterocycles. The zero-order chi connectivity index (χ0) is 14.8. The summed E-state index contributed by atoms with van der Waals surface area (Å²) in [6.45, 7) is 2.22. The van der Waals surface area contributed by atoms with E-state index in [9.17, 15) is 15.0 Å². The van der Waals surface area contributed by atoms with Gasteiger partial charge in [-0.25, -0.2) is 0 Å².